The molecule has 0 unspecified atom stereocenters. The number of hydrogen-bond donors (Lipinski definition) is 2. The number of aromatic nitrogens is 2. The smallest absolute Gasteiger partial charge is 0.164 e. The molecule has 0 saturated heterocycles. The molecule has 0 spiro atoms. The summed E-state index contributed by atoms with van der Waals surface area (Å²) in [5.74, 6) is 0.658. The van der Waals surface area contributed by atoms with E-state index in [0.717, 1.165) is 0 Å². The molecule has 0 aliphatic carbocycles. The van der Waals surface area contributed by atoms with Gasteiger partial charge in [0.25, 0.3) is 0 Å². The van der Waals surface area contributed by atoms with E-state index < -0.39 is 0 Å². The van der Waals surface area contributed by atoms with Crippen molar-refractivity contribution in [3.63, 3.8) is 0 Å². The molecule has 0 amide bonds. The monoisotopic (exact) mass is 188 g/mol. The summed E-state index contributed by atoms with van der Waals surface area (Å²) in [5, 5.41) is 3.12. The Morgan fingerprint density at radius 1 is 1.82 bits per heavy atom. The Morgan fingerprint density at radius 3 is 3.18 bits per heavy atom. The lowest BCUT2D eigenvalue weighted by atomic mass is 11.0. The van der Waals surface area contributed by atoms with E-state index in [1.165, 1.54) is 11.9 Å². The molecule has 0 radical (unpaired) electrons. The minimum atomic E-state index is 0.317. The summed E-state index contributed by atoms with van der Waals surface area (Å²) < 4.78 is 1.87. The Kier molecular flexibility index (Phi) is 3.18. The predicted octanol–water partition coefficient (Wildman–Crippen LogP) is 0.170. The van der Waals surface area contributed by atoms with E-state index in [9.17, 15) is 0 Å². The summed E-state index contributed by atoms with van der Waals surface area (Å²) in [6.45, 7) is 0. The van der Waals surface area contributed by atoms with Gasteiger partial charge in [0.1, 0.15) is 6.33 Å². The van der Waals surface area contributed by atoms with Crippen LogP contribution in [0.4, 0.5) is 0 Å². The summed E-state index contributed by atoms with van der Waals surface area (Å²) in [6.07, 6.45) is 5.28. The molecule has 1 aromatic heterocycles. The summed E-state index contributed by atoms with van der Waals surface area (Å²) >= 11 is 6.15. The van der Waals surface area contributed by atoms with Crippen LogP contribution in [0.2, 0.25) is 0 Å². The Bertz CT molecular complexity index is 220. The molecule has 60 valence electrons. The van der Waals surface area contributed by atoms with Crippen LogP contribution < -0.4 is 11.1 Å². The quantitative estimate of drug-likeness (QED) is 0.523. The third kappa shape index (κ3) is 3.24. The topological polar surface area (TPSA) is 55.9 Å². The summed E-state index contributed by atoms with van der Waals surface area (Å²) in [5.41, 5.74) is 5.21. The minimum absolute atomic E-state index is 0.317. The lowest BCUT2D eigenvalue weighted by Crippen LogP contribution is -2.28. The molecule has 3 N–H and O–H groups in total. The highest BCUT2D eigenvalue weighted by molar-refractivity contribution is 7.97. The number of imidazole rings is 1. The fourth-order valence-electron chi connectivity index (χ4n) is 0.501. The van der Waals surface area contributed by atoms with Crippen molar-refractivity contribution >= 4 is 29.3 Å². The predicted molar refractivity (Wildman–Crippen MR) is 50.0 cm³/mol. The van der Waals surface area contributed by atoms with E-state index in [2.05, 4.69) is 22.5 Å². The molecule has 0 aliphatic heterocycles. The fourth-order valence-corrected chi connectivity index (χ4v) is 1.30. The van der Waals surface area contributed by atoms with Gasteiger partial charge >= 0.3 is 0 Å². The summed E-state index contributed by atoms with van der Waals surface area (Å²) in [6, 6.07) is 0. The SMILES string of the molecule is NC(=S)NCSn1ccnc1. The van der Waals surface area contributed by atoms with E-state index >= 15 is 0 Å². The number of nitrogens with one attached hydrogen (secondary N) is 1. The number of nitrogens with zero attached hydrogens (tertiary/aromatic N) is 2. The highest BCUT2D eigenvalue weighted by Gasteiger charge is 1.89. The second kappa shape index (κ2) is 4.20. The van der Waals surface area contributed by atoms with Crippen LogP contribution in [0.15, 0.2) is 18.7 Å². The van der Waals surface area contributed by atoms with Crippen LogP contribution in [0.3, 0.4) is 0 Å². The van der Waals surface area contributed by atoms with Crippen LogP contribution in [0.1, 0.15) is 0 Å². The van der Waals surface area contributed by atoms with Crippen molar-refractivity contribution in [3.8, 4) is 0 Å². The van der Waals surface area contributed by atoms with Gasteiger partial charge in [0.2, 0.25) is 0 Å². The van der Waals surface area contributed by atoms with Gasteiger partial charge < -0.3 is 11.1 Å². The molecular weight excluding hydrogens is 180 g/mol. The molecule has 0 fully saturated rings. The Morgan fingerprint density at radius 2 is 2.64 bits per heavy atom. The van der Waals surface area contributed by atoms with Crippen molar-refractivity contribution in [1.82, 2.24) is 14.3 Å². The van der Waals surface area contributed by atoms with Crippen molar-refractivity contribution in [2.45, 2.75) is 0 Å². The first-order valence-electron chi connectivity index (χ1n) is 2.93. The fraction of sp³-hybridized carbons (Fsp3) is 0.200. The summed E-state index contributed by atoms with van der Waals surface area (Å²) in [7, 11) is 0. The van der Waals surface area contributed by atoms with Crippen molar-refractivity contribution in [2.24, 2.45) is 5.73 Å². The van der Waals surface area contributed by atoms with Gasteiger partial charge in [0, 0.05) is 12.4 Å². The first-order valence-corrected chi connectivity index (χ1v) is 4.28. The Labute approximate surface area is 74.3 Å². The molecule has 1 rings (SSSR count). The lowest BCUT2D eigenvalue weighted by Gasteiger charge is -2.01. The van der Waals surface area contributed by atoms with E-state index in [1.54, 1.807) is 12.5 Å². The van der Waals surface area contributed by atoms with Crippen molar-refractivity contribution < 1.29 is 0 Å². The molecule has 1 heterocycles. The standard InChI is InChI=1S/C5H8N4S2/c6-5(10)8-4-11-9-2-1-7-3-9/h1-3H,4H2,(H3,6,8,10). The van der Waals surface area contributed by atoms with Crippen molar-refractivity contribution in [1.29, 1.82) is 0 Å². The normalized spacial score (nSPS) is 9.45. The van der Waals surface area contributed by atoms with Gasteiger partial charge in [-0.1, -0.05) is 0 Å². The van der Waals surface area contributed by atoms with Crippen molar-refractivity contribution in [2.75, 3.05) is 5.88 Å². The van der Waals surface area contributed by atoms with Gasteiger partial charge in [-0.15, -0.1) is 0 Å². The number of thiocarbonyl (C=S) groups is 1. The molecule has 0 aliphatic rings. The third-order valence-corrected chi connectivity index (χ3v) is 1.87. The van der Waals surface area contributed by atoms with Gasteiger partial charge in [0.05, 0.1) is 5.88 Å². The molecule has 0 saturated carbocycles. The zero-order valence-electron chi connectivity index (χ0n) is 5.73. The number of nitrogens with two attached hydrogens (primary N) is 1. The summed E-state index contributed by atoms with van der Waals surface area (Å²) in [4.78, 5) is 3.87. The first kappa shape index (κ1) is 8.35. The molecular formula is C5H8N4S2. The van der Waals surface area contributed by atoms with E-state index in [1.807, 2.05) is 10.2 Å². The number of hydrogen-bond acceptors (Lipinski definition) is 3. The Hall–Kier alpha value is -0.750. The Balaban J connectivity index is 2.19. The van der Waals surface area contributed by atoms with E-state index in [-0.39, 0.29) is 0 Å². The molecule has 0 atom stereocenters. The lowest BCUT2D eigenvalue weighted by molar-refractivity contribution is 1.11. The van der Waals surface area contributed by atoms with Crippen LogP contribution in [0.5, 0.6) is 0 Å². The van der Waals surface area contributed by atoms with E-state index in [4.69, 9.17) is 5.73 Å². The van der Waals surface area contributed by atoms with Gasteiger partial charge in [-0.2, -0.15) is 0 Å². The first-order chi connectivity index (χ1) is 5.29. The maximum atomic E-state index is 5.21. The zero-order chi connectivity index (χ0) is 8.10. The molecule has 6 heteroatoms. The van der Waals surface area contributed by atoms with Crippen LogP contribution >= 0.6 is 24.2 Å². The maximum Gasteiger partial charge on any atom is 0.164 e. The highest BCUT2D eigenvalue weighted by Crippen LogP contribution is 2.00. The van der Waals surface area contributed by atoms with Gasteiger partial charge in [-0.25, -0.2) is 4.98 Å². The van der Waals surface area contributed by atoms with Gasteiger partial charge in [-0.05, 0) is 24.2 Å². The van der Waals surface area contributed by atoms with Gasteiger partial charge in [-0.3, -0.25) is 3.97 Å². The zero-order valence-corrected chi connectivity index (χ0v) is 7.36. The highest BCUT2D eigenvalue weighted by atomic mass is 32.2. The third-order valence-electron chi connectivity index (χ3n) is 0.940. The molecule has 0 aromatic carbocycles. The van der Waals surface area contributed by atoms with Crippen LogP contribution in [-0.2, 0) is 0 Å². The molecule has 11 heavy (non-hydrogen) atoms. The average molecular weight is 188 g/mol. The largest absolute Gasteiger partial charge is 0.376 e. The minimum Gasteiger partial charge on any atom is -0.376 e. The van der Waals surface area contributed by atoms with Gasteiger partial charge in [0.15, 0.2) is 5.11 Å². The number of rotatable bonds is 3. The van der Waals surface area contributed by atoms with E-state index in [0.29, 0.717) is 11.0 Å². The van der Waals surface area contributed by atoms with Crippen LogP contribution in [0, 0.1) is 0 Å². The maximum absolute atomic E-state index is 5.21. The second-order valence-electron chi connectivity index (χ2n) is 1.74. The van der Waals surface area contributed by atoms with Crippen LogP contribution in [-0.4, -0.2) is 19.9 Å². The molecule has 4 nitrogen and oxygen atoms in total. The van der Waals surface area contributed by atoms with Crippen molar-refractivity contribution in [3.05, 3.63) is 18.7 Å². The molecule has 1 aromatic rings. The van der Waals surface area contributed by atoms with Crippen LogP contribution in [0.25, 0.3) is 0 Å². The average Bonchev–Trinajstić information content (AvgIpc) is 2.39. The molecule has 0 bridgehead atoms. The second-order valence-corrected chi connectivity index (χ2v) is 3.15.